The van der Waals surface area contributed by atoms with Gasteiger partial charge in [-0.25, -0.2) is 10.8 Å². The predicted octanol–water partition coefficient (Wildman–Crippen LogP) is -0.148. The number of carbonyl (C=O) groups excluding carboxylic acids is 1. The number of hydrazine groups is 1. The Morgan fingerprint density at radius 1 is 1.68 bits per heavy atom. The van der Waals surface area contributed by atoms with Gasteiger partial charge in [0.2, 0.25) is 0 Å². The van der Waals surface area contributed by atoms with E-state index in [0.29, 0.717) is 29.6 Å². The summed E-state index contributed by atoms with van der Waals surface area (Å²) in [5.41, 5.74) is 2.56. The maximum atomic E-state index is 12.0. The van der Waals surface area contributed by atoms with E-state index in [4.69, 9.17) is 10.6 Å². The van der Waals surface area contributed by atoms with Gasteiger partial charge in [-0.3, -0.25) is 19.6 Å². The summed E-state index contributed by atoms with van der Waals surface area (Å²) >= 11 is 3.21. The average molecular weight is 331 g/mol. The number of carbonyl (C=O) groups is 1. The second-order valence-electron chi connectivity index (χ2n) is 4.43. The molecule has 0 aliphatic carbocycles. The molecule has 1 aromatic heterocycles. The van der Waals surface area contributed by atoms with Crippen LogP contribution in [0.15, 0.2) is 15.6 Å². The molecule has 2 heterocycles. The van der Waals surface area contributed by atoms with Gasteiger partial charge in [0.05, 0.1) is 24.7 Å². The number of halogens is 1. The van der Waals surface area contributed by atoms with Gasteiger partial charge in [0.25, 0.3) is 11.5 Å². The zero-order chi connectivity index (χ0) is 14.0. The van der Waals surface area contributed by atoms with E-state index in [1.165, 1.54) is 10.9 Å². The van der Waals surface area contributed by atoms with E-state index >= 15 is 0 Å². The van der Waals surface area contributed by atoms with Gasteiger partial charge in [0.1, 0.15) is 10.6 Å². The number of rotatable bonds is 3. The maximum absolute atomic E-state index is 12.0. The van der Waals surface area contributed by atoms with E-state index < -0.39 is 6.10 Å². The Balaban J connectivity index is 2.06. The molecule has 2 rings (SSSR count). The molecule has 7 nitrogen and oxygen atoms in total. The van der Waals surface area contributed by atoms with Crippen LogP contribution in [0.25, 0.3) is 0 Å². The van der Waals surface area contributed by atoms with Gasteiger partial charge in [-0.1, -0.05) is 0 Å². The topological polar surface area (TPSA) is 99.2 Å². The molecule has 1 saturated heterocycles. The standard InChI is InChI=1S/C11H15BrN4O3/c1-6-9(12)11(18)16(5-14-6)4-7-2-3-8(19-7)10(17)15-13/h5,7-8H,2-4,13H2,1H3,(H,15,17). The Bertz CT molecular complexity index is 545. The highest BCUT2D eigenvalue weighted by atomic mass is 79.9. The summed E-state index contributed by atoms with van der Waals surface area (Å²) in [6.07, 6.45) is 2.07. The molecular weight excluding hydrogens is 316 g/mol. The molecule has 104 valence electrons. The lowest BCUT2D eigenvalue weighted by molar-refractivity contribution is -0.132. The minimum Gasteiger partial charge on any atom is -0.363 e. The molecule has 3 N–H and O–H groups in total. The van der Waals surface area contributed by atoms with Crippen molar-refractivity contribution in [3.63, 3.8) is 0 Å². The summed E-state index contributed by atoms with van der Waals surface area (Å²) < 4.78 is 7.47. The first-order valence-corrected chi connectivity index (χ1v) is 6.69. The number of ether oxygens (including phenoxy) is 1. The van der Waals surface area contributed by atoms with Crippen molar-refractivity contribution in [3.05, 3.63) is 26.8 Å². The van der Waals surface area contributed by atoms with E-state index in [9.17, 15) is 9.59 Å². The van der Waals surface area contributed by atoms with Crippen LogP contribution in [0.2, 0.25) is 0 Å². The molecule has 1 aliphatic rings. The van der Waals surface area contributed by atoms with Gasteiger partial charge in [-0.05, 0) is 35.7 Å². The van der Waals surface area contributed by atoms with E-state index in [1.54, 1.807) is 6.92 Å². The quantitative estimate of drug-likeness (QED) is 0.456. The summed E-state index contributed by atoms with van der Waals surface area (Å²) in [6, 6.07) is 0. The fourth-order valence-corrected chi connectivity index (χ4v) is 2.35. The molecule has 0 spiro atoms. The summed E-state index contributed by atoms with van der Waals surface area (Å²) in [6.45, 7) is 2.13. The van der Waals surface area contributed by atoms with Crippen LogP contribution in [0.3, 0.4) is 0 Å². The molecule has 1 aliphatic heterocycles. The molecule has 1 amide bonds. The minimum absolute atomic E-state index is 0.150. The van der Waals surface area contributed by atoms with Crippen LogP contribution >= 0.6 is 15.9 Å². The Morgan fingerprint density at radius 3 is 3.11 bits per heavy atom. The first kappa shape index (κ1) is 14.2. The largest absolute Gasteiger partial charge is 0.363 e. The molecular formula is C11H15BrN4O3. The number of hydrogen-bond donors (Lipinski definition) is 2. The Morgan fingerprint density at radius 2 is 2.42 bits per heavy atom. The van der Waals surface area contributed by atoms with Crippen molar-refractivity contribution in [3.8, 4) is 0 Å². The normalized spacial score (nSPS) is 22.5. The summed E-state index contributed by atoms with van der Waals surface area (Å²) in [4.78, 5) is 27.4. The van der Waals surface area contributed by atoms with Crippen molar-refractivity contribution >= 4 is 21.8 Å². The first-order valence-electron chi connectivity index (χ1n) is 5.90. The number of aryl methyl sites for hydroxylation is 1. The highest BCUT2D eigenvalue weighted by Gasteiger charge is 2.30. The van der Waals surface area contributed by atoms with Gasteiger partial charge >= 0.3 is 0 Å². The molecule has 0 radical (unpaired) electrons. The van der Waals surface area contributed by atoms with Crippen LogP contribution in [0, 0.1) is 6.92 Å². The van der Waals surface area contributed by atoms with E-state index in [-0.39, 0.29) is 17.6 Å². The SMILES string of the molecule is Cc1ncn(CC2CCC(C(=O)NN)O2)c(=O)c1Br. The first-order chi connectivity index (χ1) is 9.02. The monoisotopic (exact) mass is 330 g/mol. The van der Waals surface area contributed by atoms with Crippen molar-refractivity contribution in [2.24, 2.45) is 5.84 Å². The van der Waals surface area contributed by atoms with Gasteiger partial charge < -0.3 is 4.74 Å². The van der Waals surface area contributed by atoms with Crippen molar-refractivity contribution in [1.29, 1.82) is 0 Å². The zero-order valence-corrected chi connectivity index (χ0v) is 12.0. The van der Waals surface area contributed by atoms with Gasteiger partial charge in [-0.2, -0.15) is 0 Å². The van der Waals surface area contributed by atoms with Crippen LogP contribution in [0.1, 0.15) is 18.5 Å². The third kappa shape index (κ3) is 3.02. The number of amides is 1. The minimum atomic E-state index is -0.535. The fraction of sp³-hybridized carbons (Fsp3) is 0.545. The molecule has 1 aromatic rings. The third-order valence-corrected chi connectivity index (χ3v) is 4.01. The highest BCUT2D eigenvalue weighted by Crippen LogP contribution is 2.20. The van der Waals surface area contributed by atoms with E-state index in [0.717, 1.165) is 0 Å². The lowest BCUT2D eigenvalue weighted by Crippen LogP contribution is -2.39. The molecule has 2 atom stereocenters. The molecule has 1 fully saturated rings. The van der Waals surface area contributed by atoms with Gasteiger partial charge in [0, 0.05) is 0 Å². The van der Waals surface area contributed by atoms with Crippen molar-refractivity contribution in [2.75, 3.05) is 0 Å². The fourth-order valence-electron chi connectivity index (χ4n) is 2.02. The average Bonchev–Trinajstić information content (AvgIpc) is 2.87. The number of nitrogens with one attached hydrogen (secondary N) is 1. The van der Waals surface area contributed by atoms with E-state index in [2.05, 4.69) is 26.3 Å². The van der Waals surface area contributed by atoms with Crippen molar-refractivity contribution in [2.45, 2.75) is 38.5 Å². The van der Waals surface area contributed by atoms with Gasteiger partial charge in [0.15, 0.2) is 0 Å². The van der Waals surface area contributed by atoms with Crippen LogP contribution < -0.4 is 16.8 Å². The third-order valence-electron chi connectivity index (χ3n) is 3.10. The second kappa shape index (κ2) is 5.81. The summed E-state index contributed by atoms with van der Waals surface area (Å²) in [7, 11) is 0. The second-order valence-corrected chi connectivity index (χ2v) is 5.23. The molecule has 2 unspecified atom stereocenters. The van der Waals surface area contributed by atoms with Crippen LogP contribution in [0.4, 0.5) is 0 Å². The molecule has 8 heteroatoms. The Labute approximate surface area is 118 Å². The lowest BCUT2D eigenvalue weighted by Gasteiger charge is -2.14. The van der Waals surface area contributed by atoms with E-state index in [1.807, 2.05) is 0 Å². The van der Waals surface area contributed by atoms with Crippen LogP contribution in [-0.2, 0) is 16.1 Å². The Kier molecular flexibility index (Phi) is 4.33. The number of nitrogens with two attached hydrogens (primary N) is 1. The molecule has 0 saturated carbocycles. The number of aromatic nitrogens is 2. The molecule has 19 heavy (non-hydrogen) atoms. The molecule has 0 bridgehead atoms. The van der Waals surface area contributed by atoms with Crippen LogP contribution in [-0.4, -0.2) is 27.7 Å². The predicted molar refractivity (Wildman–Crippen MR) is 71.2 cm³/mol. The van der Waals surface area contributed by atoms with Crippen molar-refractivity contribution < 1.29 is 9.53 Å². The maximum Gasteiger partial charge on any atom is 0.267 e. The summed E-state index contributed by atoms with van der Waals surface area (Å²) in [5.74, 6) is 4.72. The van der Waals surface area contributed by atoms with Crippen molar-refractivity contribution in [1.82, 2.24) is 15.0 Å². The zero-order valence-electron chi connectivity index (χ0n) is 10.4. The van der Waals surface area contributed by atoms with Gasteiger partial charge in [-0.15, -0.1) is 0 Å². The lowest BCUT2D eigenvalue weighted by atomic mass is 10.2. The van der Waals surface area contributed by atoms with Crippen LogP contribution in [0.5, 0.6) is 0 Å². The highest BCUT2D eigenvalue weighted by molar-refractivity contribution is 9.10. The summed E-state index contributed by atoms with van der Waals surface area (Å²) in [5, 5.41) is 0. The molecule has 0 aromatic carbocycles. The smallest absolute Gasteiger partial charge is 0.267 e. The Hall–Kier alpha value is -1.25. The number of nitrogens with zero attached hydrogens (tertiary/aromatic N) is 2. The number of hydrogen-bond acceptors (Lipinski definition) is 5.